The fourth-order valence-electron chi connectivity index (χ4n) is 4.72. The zero-order chi connectivity index (χ0) is 28.7. The Bertz CT molecular complexity index is 1190. The molecule has 0 bridgehead atoms. The first kappa shape index (κ1) is 29.3. The smallest absolute Gasteiger partial charge is 0.387 e. The van der Waals surface area contributed by atoms with Crippen molar-refractivity contribution in [2.45, 2.75) is 84.5 Å². The molecule has 1 atom stereocenters. The number of nitrogens with zero attached hydrogens (tertiary/aromatic N) is 2. The highest BCUT2D eigenvalue weighted by molar-refractivity contribution is 5.96. The summed E-state index contributed by atoms with van der Waals surface area (Å²) in [5, 5.41) is 12.2. The first-order chi connectivity index (χ1) is 19.1. The fraction of sp³-hybridized carbons (Fsp3) is 0.500. The second-order valence-corrected chi connectivity index (χ2v) is 11.3. The third-order valence-electron chi connectivity index (χ3n) is 7.00. The monoisotopic (exact) mass is 556 g/mol. The Morgan fingerprint density at radius 2 is 1.60 bits per heavy atom. The van der Waals surface area contributed by atoms with Crippen molar-refractivity contribution in [3.63, 3.8) is 0 Å². The Morgan fingerprint density at radius 1 is 0.950 bits per heavy atom. The number of nitrogens with one attached hydrogen (secondary N) is 2. The number of hydrazone groups is 1. The summed E-state index contributed by atoms with van der Waals surface area (Å²) in [6, 6.07) is 11.3. The van der Waals surface area contributed by atoms with E-state index in [0.717, 1.165) is 38.5 Å². The van der Waals surface area contributed by atoms with Gasteiger partial charge in [0.25, 0.3) is 0 Å². The van der Waals surface area contributed by atoms with Crippen LogP contribution < -0.4 is 20.1 Å². The van der Waals surface area contributed by atoms with Crippen LogP contribution in [0.1, 0.15) is 71.3 Å². The maximum Gasteiger partial charge on any atom is 0.387 e. The maximum absolute atomic E-state index is 13.2. The first-order valence-electron chi connectivity index (χ1n) is 13.9. The summed E-state index contributed by atoms with van der Waals surface area (Å²) in [5.74, 6) is 0.00663. The van der Waals surface area contributed by atoms with Crippen LogP contribution in [0.5, 0.6) is 11.5 Å². The number of anilines is 2. The zero-order valence-electron chi connectivity index (χ0n) is 23.3. The van der Waals surface area contributed by atoms with Crippen molar-refractivity contribution in [2.75, 3.05) is 17.2 Å². The summed E-state index contributed by atoms with van der Waals surface area (Å²) in [7, 11) is 0. The molecule has 1 aliphatic carbocycles. The van der Waals surface area contributed by atoms with Crippen molar-refractivity contribution in [3.8, 4) is 11.5 Å². The molecule has 1 heterocycles. The van der Waals surface area contributed by atoms with E-state index in [1.807, 2.05) is 20.8 Å². The lowest BCUT2D eigenvalue weighted by Gasteiger charge is -2.32. The van der Waals surface area contributed by atoms with Gasteiger partial charge in [0.1, 0.15) is 6.04 Å². The molecule has 0 radical (unpaired) electrons. The van der Waals surface area contributed by atoms with Gasteiger partial charge in [0, 0.05) is 23.3 Å². The maximum atomic E-state index is 13.2. The molecule has 1 aliphatic heterocycles. The third kappa shape index (κ3) is 8.16. The molecule has 1 saturated heterocycles. The van der Waals surface area contributed by atoms with E-state index in [-0.39, 0.29) is 29.4 Å². The summed E-state index contributed by atoms with van der Waals surface area (Å²) >= 11 is 0. The highest BCUT2D eigenvalue weighted by Gasteiger charge is 2.28. The largest absolute Gasteiger partial charge is 0.487 e. The molecular formula is C30H38F2N4O4. The van der Waals surface area contributed by atoms with Crippen LogP contribution in [0.3, 0.4) is 0 Å². The van der Waals surface area contributed by atoms with Gasteiger partial charge < -0.3 is 20.1 Å². The molecule has 2 aromatic rings. The van der Waals surface area contributed by atoms with E-state index in [1.165, 1.54) is 6.07 Å². The quantitative estimate of drug-likeness (QED) is 0.348. The molecule has 2 N–H and O–H groups in total. The zero-order valence-corrected chi connectivity index (χ0v) is 23.3. The van der Waals surface area contributed by atoms with Crippen LogP contribution in [0, 0.1) is 5.41 Å². The Kier molecular flexibility index (Phi) is 9.60. The van der Waals surface area contributed by atoms with Crippen molar-refractivity contribution < 1.29 is 27.8 Å². The van der Waals surface area contributed by atoms with Crippen LogP contribution in [0.4, 0.5) is 20.2 Å². The number of carbonyl (C=O) groups is 2. The van der Waals surface area contributed by atoms with E-state index >= 15 is 0 Å². The van der Waals surface area contributed by atoms with Gasteiger partial charge in [-0.1, -0.05) is 20.8 Å². The van der Waals surface area contributed by atoms with Crippen LogP contribution in [0.2, 0.25) is 0 Å². The van der Waals surface area contributed by atoms with Gasteiger partial charge in [-0.05, 0) is 93.0 Å². The van der Waals surface area contributed by atoms with Gasteiger partial charge in [-0.25, -0.2) is 0 Å². The van der Waals surface area contributed by atoms with Gasteiger partial charge >= 0.3 is 6.61 Å². The number of hydrogen-bond donors (Lipinski definition) is 2. The predicted molar refractivity (Wildman–Crippen MR) is 151 cm³/mol. The number of ether oxygens (including phenoxy) is 2. The molecule has 10 heteroatoms. The molecule has 0 aromatic heterocycles. The van der Waals surface area contributed by atoms with Crippen LogP contribution in [0.15, 0.2) is 47.6 Å². The van der Waals surface area contributed by atoms with E-state index in [0.29, 0.717) is 29.9 Å². The fourth-order valence-corrected chi connectivity index (χ4v) is 4.72. The summed E-state index contributed by atoms with van der Waals surface area (Å²) in [6.45, 7) is 3.20. The minimum Gasteiger partial charge on any atom is -0.487 e. The standard InChI is InChI=1S/C30H38F2N4O4/c1-30(2,3)28(38)35-22-14-12-21(13-15-22)34-27(37)24-10-6-7-17-36(24)33-19-20-11-16-25(40-29(31)32)26(18-20)39-23-8-4-5-9-23/h11-16,18-19,23-24,29H,4-10,17H2,1-3H3,(H,34,37)(H,35,38)/b33-19+. The lowest BCUT2D eigenvalue weighted by molar-refractivity contribution is -0.123. The topological polar surface area (TPSA) is 92.3 Å². The van der Waals surface area contributed by atoms with E-state index < -0.39 is 18.1 Å². The van der Waals surface area contributed by atoms with Crippen molar-refractivity contribution in [1.82, 2.24) is 5.01 Å². The average Bonchev–Trinajstić information content (AvgIpc) is 3.42. The lowest BCUT2D eigenvalue weighted by atomic mass is 9.95. The number of amides is 2. The predicted octanol–water partition coefficient (Wildman–Crippen LogP) is 6.42. The van der Waals surface area contributed by atoms with Gasteiger partial charge in [-0.2, -0.15) is 13.9 Å². The summed E-state index contributed by atoms with van der Waals surface area (Å²) in [5.41, 5.74) is 1.43. The number of benzene rings is 2. The van der Waals surface area contributed by atoms with Crippen LogP contribution in [-0.2, 0) is 9.59 Å². The molecule has 2 aromatic carbocycles. The number of rotatable bonds is 9. The van der Waals surface area contributed by atoms with E-state index in [4.69, 9.17) is 4.74 Å². The molecule has 8 nitrogen and oxygen atoms in total. The van der Waals surface area contributed by atoms with Crippen molar-refractivity contribution >= 4 is 29.4 Å². The average molecular weight is 557 g/mol. The minimum atomic E-state index is -2.95. The van der Waals surface area contributed by atoms with E-state index in [9.17, 15) is 18.4 Å². The highest BCUT2D eigenvalue weighted by atomic mass is 19.3. The Labute approximate surface area is 234 Å². The molecule has 0 spiro atoms. The SMILES string of the molecule is CC(C)(C)C(=O)Nc1ccc(NC(=O)C2CCCCN2/N=C/c2ccc(OC(F)F)c(OC3CCCC3)c2)cc1. The van der Waals surface area contributed by atoms with Gasteiger partial charge in [-0.3, -0.25) is 14.6 Å². The second-order valence-electron chi connectivity index (χ2n) is 11.3. The molecule has 2 fully saturated rings. The molecule has 216 valence electrons. The van der Waals surface area contributed by atoms with Gasteiger partial charge in [-0.15, -0.1) is 0 Å². The Hall–Kier alpha value is -3.69. The van der Waals surface area contributed by atoms with Crippen molar-refractivity contribution in [2.24, 2.45) is 10.5 Å². The molecule has 1 unspecified atom stereocenters. The van der Waals surface area contributed by atoms with E-state index in [1.54, 1.807) is 47.6 Å². The molecule has 2 aliphatic rings. The normalized spacial score (nSPS) is 18.2. The van der Waals surface area contributed by atoms with Crippen molar-refractivity contribution in [3.05, 3.63) is 48.0 Å². The molecule has 2 amide bonds. The van der Waals surface area contributed by atoms with Gasteiger partial charge in [0.15, 0.2) is 11.5 Å². The number of carbonyl (C=O) groups excluding carboxylic acids is 2. The Balaban J connectivity index is 1.42. The summed E-state index contributed by atoms with van der Waals surface area (Å²) in [6.07, 6.45) is 7.91. The minimum absolute atomic E-state index is 0.00160. The van der Waals surface area contributed by atoms with Crippen LogP contribution in [0.25, 0.3) is 0 Å². The first-order valence-corrected chi connectivity index (χ1v) is 13.9. The van der Waals surface area contributed by atoms with Gasteiger partial charge in [0.05, 0.1) is 12.3 Å². The number of halogens is 2. The third-order valence-corrected chi connectivity index (χ3v) is 7.00. The van der Waals surface area contributed by atoms with Crippen LogP contribution in [-0.4, -0.2) is 48.3 Å². The number of piperidine rings is 1. The number of alkyl halides is 2. The van der Waals surface area contributed by atoms with Crippen molar-refractivity contribution in [1.29, 1.82) is 0 Å². The highest BCUT2D eigenvalue weighted by Crippen LogP contribution is 2.33. The molecule has 1 saturated carbocycles. The van der Waals surface area contributed by atoms with E-state index in [2.05, 4.69) is 20.5 Å². The molecule has 4 rings (SSSR count). The lowest BCUT2D eigenvalue weighted by Crippen LogP contribution is -2.44. The second kappa shape index (κ2) is 13.1. The number of hydrogen-bond acceptors (Lipinski definition) is 6. The van der Waals surface area contributed by atoms with Crippen LogP contribution >= 0.6 is 0 Å². The Morgan fingerprint density at radius 3 is 2.25 bits per heavy atom. The van der Waals surface area contributed by atoms with Gasteiger partial charge in [0.2, 0.25) is 11.8 Å². The molecular weight excluding hydrogens is 518 g/mol. The summed E-state index contributed by atoms with van der Waals surface area (Å²) in [4.78, 5) is 25.4. The molecule has 40 heavy (non-hydrogen) atoms. The summed E-state index contributed by atoms with van der Waals surface area (Å²) < 4.78 is 36.5.